The van der Waals surface area contributed by atoms with Crippen molar-refractivity contribution in [1.29, 1.82) is 0 Å². The summed E-state index contributed by atoms with van der Waals surface area (Å²) in [5.74, 6) is -2.15. The first-order valence-corrected chi connectivity index (χ1v) is 32.9. The molecule has 3 aliphatic heterocycles. The van der Waals surface area contributed by atoms with E-state index in [9.17, 15) is 74.7 Å². The summed E-state index contributed by atoms with van der Waals surface area (Å²) in [6.45, 7) is 10.5. The molecule has 3 fully saturated rings. The van der Waals surface area contributed by atoms with E-state index in [2.05, 4.69) is 31.9 Å². The molecule has 0 aromatic rings. The van der Waals surface area contributed by atoms with Gasteiger partial charge in [-0.2, -0.15) is 0 Å². The number of aliphatic hydroxyl groups is 9. The summed E-state index contributed by atoms with van der Waals surface area (Å²) in [5, 5.41) is 107. The van der Waals surface area contributed by atoms with Gasteiger partial charge in [-0.25, -0.2) is 0 Å². The Kier molecular flexibility index (Phi) is 40.1. The predicted octanol–water partition coefficient (Wildman–Crippen LogP) is 0.121. The van der Waals surface area contributed by atoms with E-state index in [-0.39, 0.29) is 60.6 Å². The number of ether oxygens (including phenoxy) is 6. The number of hydrogen-bond donors (Lipinski definition) is 15. The number of rotatable bonds is 48. The fourth-order valence-electron chi connectivity index (χ4n) is 11.1. The molecule has 15 N–H and O–H groups in total. The van der Waals surface area contributed by atoms with Crippen LogP contribution in [0.1, 0.15) is 182 Å². The van der Waals surface area contributed by atoms with Crippen molar-refractivity contribution in [1.82, 2.24) is 31.9 Å². The van der Waals surface area contributed by atoms with E-state index in [0.29, 0.717) is 175 Å². The second-order valence-electron chi connectivity index (χ2n) is 24.8. The number of hydrogen-bond acceptors (Lipinski definition) is 22. The van der Waals surface area contributed by atoms with Gasteiger partial charge in [0.25, 0.3) is 0 Å². The number of carbonyl (C=O) groups is 6. The van der Waals surface area contributed by atoms with Gasteiger partial charge < -0.3 is 106 Å². The van der Waals surface area contributed by atoms with E-state index in [1.807, 2.05) is 13.8 Å². The SMILES string of the molecule is CC(C)NC(CCC(=O)CCCCNC(=O)CCCCCO[C@@H]1OC(CO)[C@H](O)C(O)[C@@H]1C)(CCC(=O)NCCCNC(=O)CCCCCO[C@@H]1OC(CO)[C@H](O)C(O)[C@@H]1C)CCC(=O)NCCCNC(=O)CCCCCO[C@@H]1OC(CO)[C@H](O)C(O)[C@@H]1C. The highest BCUT2D eigenvalue weighted by Gasteiger charge is 2.45. The largest absolute Gasteiger partial charge is 0.394 e. The third-order valence-electron chi connectivity index (χ3n) is 16.9. The van der Waals surface area contributed by atoms with Crippen molar-refractivity contribution in [3.8, 4) is 0 Å². The first-order chi connectivity index (χ1) is 42.6. The predicted molar refractivity (Wildman–Crippen MR) is 326 cm³/mol. The molecule has 3 heterocycles. The van der Waals surface area contributed by atoms with Gasteiger partial charge in [0.15, 0.2) is 18.9 Å². The molecule has 0 aromatic carbocycles. The Morgan fingerprint density at radius 3 is 0.989 bits per heavy atom. The van der Waals surface area contributed by atoms with Crippen molar-refractivity contribution >= 4 is 35.3 Å². The first-order valence-electron chi connectivity index (χ1n) is 32.9. The number of carbonyl (C=O) groups excluding carboxylic acids is 6. The van der Waals surface area contributed by atoms with Gasteiger partial charge in [-0.1, -0.05) is 53.9 Å². The topological polar surface area (TPSA) is 412 Å². The average molecular weight is 1280 g/mol. The molecule has 15 atom stereocenters. The van der Waals surface area contributed by atoms with E-state index in [0.717, 1.165) is 6.42 Å². The third-order valence-corrected chi connectivity index (χ3v) is 16.9. The fourth-order valence-corrected chi connectivity index (χ4v) is 11.1. The normalized spacial score (nSPS) is 27.8. The molecule has 0 radical (unpaired) electrons. The van der Waals surface area contributed by atoms with Gasteiger partial charge in [0.05, 0.1) is 38.1 Å². The van der Waals surface area contributed by atoms with Crippen LogP contribution < -0.4 is 31.9 Å². The zero-order chi connectivity index (χ0) is 65.7. The van der Waals surface area contributed by atoms with Crippen LogP contribution in [0.3, 0.4) is 0 Å². The summed E-state index contributed by atoms with van der Waals surface area (Å²) in [6.07, 6.45) is -1.01. The van der Waals surface area contributed by atoms with Crippen LogP contribution in [0.25, 0.3) is 0 Å². The lowest BCUT2D eigenvalue weighted by Crippen LogP contribution is -2.55. The maximum atomic E-state index is 13.4. The Morgan fingerprint density at radius 1 is 0.382 bits per heavy atom. The van der Waals surface area contributed by atoms with Crippen LogP contribution in [0, 0.1) is 17.8 Å². The second kappa shape index (κ2) is 44.8. The molecule has 0 spiro atoms. The number of aliphatic hydroxyl groups excluding tert-OH is 9. The molecule has 0 bridgehead atoms. The lowest BCUT2D eigenvalue weighted by atomic mass is 9.81. The summed E-state index contributed by atoms with van der Waals surface area (Å²) < 4.78 is 34.0. The molecule has 3 rings (SSSR count). The van der Waals surface area contributed by atoms with Gasteiger partial charge in [-0.05, 0) is 83.5 Å². The highest BCUT2D eigenvalue weighted by atomic mass is 16.7. The van der Waals surface area contributed by atoms with E-state index in [1.165, 1.54) is 0 Å². The highest BCUT2D eigenvalue weighted by Crippen LogP contribution is 2.31. The Labute approximate surface area is 526 Å². The standard InChI is InChI=1S/C62H114N6O21/c1-40(2)68-62(26-23-44(72)19-12-13-29-63-48(73)20-9-6-14-34-84-59-41(3)53(78)56(81)45(37-69)87-59,27-24-51(76)66-32-17-30-64-49(74)21-10-7-15-35-85-60-42(4)54(79)57(82)46(38-70)88-60)28-25-52(77)67-33-18-31-65-50(75)22-11-8-16-36-86-61-43(5)55(80)58(83)47(39-71)89-61/h40-43,45-47,53-61,68-71,78-83H,6-39H2,1-5H3,(H,63,73)(H,64,74)(H,65,75)(H,66,76)(H,67,77)/t41-,42-,43-,45?,46?,47?,53?,54?,55?,56-,57-,58-,59+,60+,61+,62?/m0/s1. The van der Waals surface area contributed by atoms with Crippen molar-refractivity contribution in [2.75, 3.05) is 72.4 Å². The van der Waals surface area contributed by atoms with Crippen LogP contribution in [-0.2, 0) is 57.2 Å². The Balaban J connectivity index is 1.39. The van der Waals surface area contributed by atoms with Gasteiger partial charge in [0.1, 0.15) is 42.4 Å². The quantitative estimate of drug-likeness (QED) is 0.0360. The molecular formula is C62H114N6O21. The van der Waals surface area contributed by atoms with Crippen LogP contribution in [0.5, 0.6) is 0 Å². The lowest BCUT2D eigenvalue weighted by Gasteiger charge is -2.40. The van der Waals surface area contributed by atoms with Crippen LogP contribution in [0.2, 0.25) is 0 Å². The number of nitrogens with one attached hydrogen (secondary N) is 6. The Hall–Kier alpha value is -3.62. The van der Waals surface area contributed by atoms with E-state index < -0.39 is 117 Å². The smallest absolute Gasteiger partial charge is 0.220 e. The van der Waals surface area contributed by atoms with Crippen LogP contribution in [-0.4, -0.2) is 239 Å². The molecule has 5 amide bonds. The van der Waals surface area contributed by atoms with E-state index >= 15 is 0 Å². The first kappa shape index (κ1) is 79.6. The molecule has 27 nitrogen and oxygen atoms in total. The van der Waals surface area contributed by atoms with Crippen LogP contribution in [0.15, 0.2) is 0 Å². The fraction of sp³-hybridized carbons (Fsp3) is 0.903. The van der Waals surface area contributed by atoms with Gasteiger partial charge in [-0.15, -0.1) is 0 Å². The highest BCUT2D eigenvalue weighted by molar-refractivity contribution is 5.79. The van der Waals surface area contributed by atoms with E-state index in [4.69, 9.17) is 28.4 Å². The molecule has 0 aliphatic carbocycles. The van der Waals surface area contributed by atoms with E-state index in [1.54, 1.807) is 20.8 Å². The Morgan fingerprint density at radius 2 is 0.674 bits per heavy atom. The minimum Gasteiger partial charge on any atom is -0.394 e. The maximum Gasteiger partial charge on any atom is 0.220 e. The molecule has 89 heavy (non-hydrogen) atoms. The zero-order valence-electron chi connectivity index (χ0n) is 53.7. The molecular weight excluding hydrogens is 1160 g/mol. The molecule has 0 aromatic heterocycles. The molecule has 27 heteroatoms. The summed E-state index contributed by atoms with van der Waals surface area (Å²) in [4.78, 5) is 77.7. The van der Waals surface area contributed by atoms with Crippen molar-refractivity contribution in [2.45, 2.75) is 268 Å². The van der Waals surface area contributed by atoms with Crippen LogP contribution in [0.4, 0.5) is 0 Å². The number of amides is 5. The maximum absolute atomic E-state index is 13.4. The Bertz CT molecular complexity index is 1790. The summed E-state index contributed by atoms with van der Waals surface area (Å²) >= 11 is 0. The summed E-state index contributed by atoms with van der Waals surface area (Å²) in [6, 6.07) is -0.0500. The zero-order valence-corrected chi connectivity index (χ0v) is 53.7. The molecule has 518 valence electrons. The van der Waals surface area contributed by atoms with Crippen molar-refractivity contribution in [2.24, 2.45) is 17.8 Å². The molecule has 3 saturated heterocycles. The van der Waals surface area contributed by atoms with Crippen LogP contribution >= 0.6 is 0 Å². The monoisotopic (exact) mass is 1280 g/mol. The van der Waals surface area contributed by atoms with Gasteiger partial charge in [-0.3, -0.25) is 28.8 Å². The average Bonchev–Trinajstić information content (AvgIpc) is 1.78. The minimum absolute atomic E-state index is 0.0293. The minimum atomic E-state index is -1.20. The van der Waals surface area contributed by atoms with Crippen molar-refractivity contribution in [3.05, 3.63) is 0 Å². The number of unbranched alkanes of at least 4 members (excludes halogenated alkanes) is 7. The molecule has 6 unspecified atom stereocenters. The summed E-state index contributed by atoms with van der Waals surface area (Å²) in [7, 11) is 0. The third kappa shape index (κ3) is 30.8. The second-order valence-corrected chi connectivity index (χ2v) is 24.8. The summed E-state index contributed by atoms with van der Waals surface area (Å²) in [5.41, 5.74) is -0.746. The van der Waals surface area contributed by atoms with Gasteiger partial charge in [0, 0.05) is 127 Å². The molecule has 3 aliphatic rings. The van der Waals surface area contributed by atoms with Crippen molar-refractivity contribution < 1.29 is 103 Å². The number of Topliss-reactive ketones (excluding diaryl/α,β-unsaturated/α-hetero) is 1. The van der Waals surface area contributed by atoms with Gasteiger partial charge in [0.2, 0.25) is 29.5 Å². The number of ketones is 1. The van der Waals surface area contributed by atoms with Gasteiger partial charge >= 0.3 is 0 Å². The van der Waals surface area contributed by atoms with Crippen molar-refractivity contribution in [3.63, 3.8) is 0 Å². The molecule has 0 saturated carbocycles. The lowest BCUT2D eigenvalue weighted by molar-refractivity contribution is -0.282.